The summed E-state index contributed by atoms with van der Waals surface area (Å²) in [5, 5.41) is 6.33. The monoisotopic (exact) mass is 242 g/mol. The fourth-order valence-electron chi connectivity index (χ4n) is 2.89. The molecule has 0 aromatic heterocycles. The fourth-order valence-corrected chi connectivity index (χ4v) is 2.89. The molecule has 4 heteroatoms. The number of hydrogen-bond donors (Lipinski definition) is 2. The van der Waals surface area contributed by atoms with Crippen molar-refractivity contribution in [3.05, 3.63) is 0 Å². The average molecular weight is 242 g/mol. The standard InChI is InChI=1S/C13H23FN2O/c1-2-13(3-5-15-6-4-13)12(17)16-9-10-7-11(14)8-10/h10-11,15H,2-9H2,1H3,(H,16,17). The molecule has 1 aliphatic heterocycles. The lowest BCUT2D eigenvalue weighted by atomic mass is 9.75. The summed E-state index contributed by atoms with van der Waals surface area (Å²) in [4.78, 5) is 12.2. The molecule has 98 valence electrons. The zero-order chi connectivity index (χ0) is 12.3. The van der Waals surface area contributed by atoms with Crippen LogP contribution in [0.1, 0.15) is 39.0 Å². The van der Waals surface area contributed by atoms with Crippen molar-refractivity contribution < 1.29 is 9.18 Å². The van der Waals surface area contributed by atoms with Crippen LogP contribution in [0.2, 0.25) is 0 Å². The van der Waals surface area contributed by atoms with E-state index < -0.39 is 6.17 Å². The molecule has 0 radical (unpaired) electrons. The zero-order valence-electron chi connectivity index (χ0n) is 10.6. The first-order valence-corrected chi connectivity index (χ1v) is 6.79. The highest BCUT2D eigenvalue weighted by Gasteiger charge is 2.38. The third-order valence-corrected chi connectivity index (χ3v) is 4.45. The van der Waals surface area contributed by atoms with E-state index >= 15 is 0 Å². The van der Waals surface area contributed by atoms with Crippen LogP contribution in [0.3, 0.4) is 0 Å². The zero-order valence-corrected chi connectivity index (χ0v) is 10.6. The van der Waals surface area contributed by atoms with Gasteiger partial charge in [-0.25, -0.2) is 4.39 Å². The van der Waals surface area contributed by atoms with Crippen molar-refractivity contribution in [2.75, 3.05) is 19.6 Å². The van der Waals surface area contributed by atoms with Crippen LogP contribution in [0.4, 0.5) is 4.39 Å². The van der Waals surface area contributed by atoms with Gasteiger partial charge in [-0.2, -0.15) is 0 Å². The Morgan fingerprint density at radius 3 is 2.59 bits per heavy atom. The van der Waals surface area contributed by atoms with Gasteiger partial charge in [0, 0.05) is 6.54 Å². The van der Waals surface area contributed by atoms with Crippen LogP contribution in [0, 0.1) is 11.3 Å². The summed E-state index contributed by atoms with van der Waals surface area (Å²) in [6, 6.07) is 0. The summed E-state index contributed by atoms with van der Waals surface area (Å²) in [6.07, 6.45) is 3.37. The minimum absolute atomic E-state index is 0.176. The molecular formula is C13H23FN2O. The van der Waals surface area contributed by atoms with Gasteiger partial charge in [0.05, 0.1) is 5.41 Å². The van der Waals surface area contributed by atoms with Gasteiger partial charge in [-0.15, -0.1) is 0 Å². The molecule has 1 saturated carbocycles. The highest BCUT2D eigenvalue weighted by Crippen LogP contribution is 2.33. The fraction of sp³-hybridized carbons (Fsp3) is 0.923. The van der Waals surface area contributed by atoms with Crippen molar-refractivity contribution in [1.29, 1.82) is 0 Å². The number of rotatable bonds is 4. The van der Waals surface area contributed by atoms with Crippen molar-refractivity contribution in [3.8, 4) is 0 Å². The first-order valence-electron chi connectivity index (χ1n) is 6.79. The number of hydrogen-bond acceptors (Lipinski definition) is 2. The van der Waals surface area contributed by atoms with Gasteiger partial charge in [0.2, 0.25) is 5.91 Å². The van der Waals surface area contributed by atoms with Crippen LogP contribution in [0.5, 0.6) is 0 Å². The van der Waals surface area contributed by atoms with Crippen molar-refractivity contribution in [2.24, 2.45) is 11.3 Å². The lowest BCUT2D eigenvalue weighted by Crippen LogP contribution is -2.49. The third-order valence-electron chi connectivity index (χ3n) is 4.45. The Kier molecular flexibility index (Phi) is 4.02. The number of carbonyl (C=O) groups is 1. The molecule has 0 unspecified atom stereocenters. The Morgan fingerprint density at radius 2 is 2.06 bits per heavy atom. The van der Waals surface area contributed by atoms with E-state index in [4.69, 9.17) is 0 Å². The van der Waals surface area contributed by atoms with E-state index in [9.17, 15) is 9.18 Å². The predicted octanol–water partition coefficient (Wildman–Crippen LogP) is 1.63. The van der Waals surface area contributed by atoms with Crippen LogP contribution >= 0.6 is 0 Å². The Hall–Kier alpha value is -0.640. The molecule has 3 nitrogen and oxygen atoms in total. The quantitative estimate of drug-likeness (QED) is 0.786. The summed E-state index contributed by atoms with van der Waals surface area (Å²) < 4.78 is 12.7. The van der Waals surface area contributed by atoms with Gasteiger partial charge in [-0.05, 0) is 51.1 Å². The maximum Gasteiger partial charge on any atom is 0.226 e. The molecule has 1 amide bonds. The molecule has 2 fully saturated rings. The summed E-state index contributed by atoms with van der Waals surface area (Å²) in [7, 11) is 0. The van der Waals surface area contributed by atoms with Gasteiger partial charge < -0.3 is 10.6 Å². The van der Waals surface area contributed by atoms with E-state index in [1.54, 1.807) is 0 Å². The molecule has 0 bridgehead atoms. The maximum atomic E-state index is 12.7. The average Bonchev–Trinajstić information content (AvgIpc) is 2.33. The predicted molar refractivity (Wildman–Crippen MR) is 65.5 cm³/mol. The van der Waals surface area contributed by atoms with Gasteiger partial charge in [-0.1, -0.05) is 6.92 Å². The number of alkyl halides is 1. The van der Waals surface area contributed by atoms with Crippen LogP contribution in [0.15, 0.2) is 0 Å². The highest BCUT2D eigenvalue weighted by atomic mass is 19.1. The van der Waals surface area contributed by atoms with Crippen molar-refractivity contribution >= 4 is 5.91 Å². The summed E-state index contributed by atoms with van der Waals surface area (Å²) in [5.41, 5.74) is -0.176. The second-order valence-corrected chi connectivity index (χ2v) is 5.53. The second kappa shape index (κ2) is 5.34. The lowest BCUT2D eigenvalue weighted by Gasteiger charge is -2.37. The normalized spacial score (nSPS) is 31.6. The number of nitrogens with one attached hydrogen (secondary N) is 2. The molecule has 0 aromatic rings. The van der Waals surface area contributed by atoms with Crippen molar-refractivity contribution in [2.45, 2.75) is 45.2 Å². The van der Waals surface area contributed by atoms with E-state index in [2.05, 4.69) is 17.6 Å². The Bertz CT molecular complexity index is 271. The Balaban J connectivity index is 1.80. The molecule has 17 heavy (non-hydrogen) atoms. The molecule has 1 aliphatic carbocycles. The van der Waals surface area contributed by atoms with Crippen LogP contribution in [-0.2, 0) is 4.79 Å². The number of carbonyl (C=O) groups excluding carboxylic acids is 1. The molecule has 1 heterocycles. The van der Waals surface area contributed by atoms with E-state index in [0.717, 1.165) is 32.4 Å². The second-order valence-electron chi connectivity index (χ2n) is 5.53. The van der Waals surface area contributed by atoms with Gasteiger partial charge in [0.25, 0.3) is 0 Å². The summed E-state index contributed by atoms with van der Waals surface area (Å²) >= 11 is 0. The maximum absolute atomic E-state index is 12.7. The molecule has 0 aromatic carbocycles. The van der Waals surface area contributed by atoms with Gasteiger partial charge in [0.15, 0.2) is 0 Å². The SMILES string of the molecule is CCC1(C(=O)NCC2CC(F)C2)CCNCC1. The van der Waals surface area contributed by atoms with E-state index in [-0.39, 0.29) is 11.3 Å². The first kappa shape index (κ1) is 12.8. The summed E-state index contributed by atoms with van der Waals surface area (Å²) in [6.45, 7) is 4.61. The Labute approximate surface area is 103 Å². The van der Waals surface area contributed by atoms with Gasteiger partial charge in [-0.3, -0.25) is 4.79 Å². The number of amides is 1. The molecule has 2 rings (SSSR count). The van der Waals surface area contributed by atoms with Crippen molar-refractivity contribution in [1.82, 2.24) is 10.6 Å². The topological polar surface area (TPSA) is 41.1 Å². The smallest absolute Gasteiger partial charge is 0.226 e. The number of piperidine rings is 1. The Morgan fingerprint density at radius 1 is 1.41 bits per heavy atom. The molecule has 2 N–H and O–H groups in total. The number of halogens is 1. The lowest BCUT2D eigenvalue weighted by molar-refractivity contribution is -0.133. The molecule has 2 aliphatic rings. The van der Waals surface area contributed by atoms with E-state index in [0.29, 0.717) is 25.3 Å². The minimum atomic E-state index is -0.629. The van der Waals surface area contributed by atoms with Crippen LogP contribution < -0.4 is 10.6 Å². The molecule has 0 atom stereocenters. The third kappa shape index (κ3) is 2.79. The van der Waals surface area contributed by atoms with Gasteiger partial charge in [0.1, 0.15) is 6.17 Å². The van der Waals surface area contributed by atoms with Gasteiger partial charge >= 0.3 is 0 Å². The van der Waals surface area contributed by atoms with Crippen molar-refractivity contribution in [3.63, 3.8) is 0 Å². The summed E-state index contributed by atoms with van der Waals surface area (Å²) in [5.74, 6) is 0.549. The van der Waals surface area contributed by atoms with E-state index in [1.165, 1.54) is 0 Å². The minimum Gasteiger partial charge on any atom is -0.355 e. The molecule has 0 spiro atoms. The highest BCUT2D eigenvalue weighted by molar-refractivity contribution is 5.82. The largest absolute Gasteiger partial charge is 0.355 e. The molecular weight excluding hydrogens is 219 g/mol. The first-order chi connectivity index (χ1) is 8.16. The van der Waals surface area contributed by atoms with E-state index in [1.807, 2.05) is 0 Å². The van der Waals surface area contributed by atoms with Crippen LogP contribution in [-0.4, -0.2) is 31.7 Å². The molecule has 1 saturated heterocycles. The van der Waals surface area contributed by atoms with Crippen LogP contribution in [0.25, 0.3) is 0 Å².